The van der Waals surface area contributed by atoms with Gasteiger partial charge in [-0.15, -0.1) is 0 Å². The van der Waals surface area contributed by atoms with Gasteiger partial charge in [-0.2, -0.15) is 13.2 Å². The van der Waals surface area contributed by atoms with E-state index in [1.54, 1.807) is 6.07 Å². The third kappa shape index (κ3) is 4.10. The molecule has 0 saturated heterocycles. The zero-order valence-corrected chi connectivity index (χ0v) is 13.2. The standard InChI is InChI=1S/C17H16BrF3/c1-2-4-12-7-9-13(10-8-12)16(18)14-5-3-6-15(11-14)17(19,20)21/h3,5-11,16H,2,4H2,1H3. The third-order valence-corrected chi connectivity index (χ3v) is 4.37. The number of rotatable bonds is 4. The normalized spacial score (nSPS) is 13.2. The molecule has 0 bridgehead atoms. The molecule has 0 saturated carbocycles. The summed E-state index contributed by atoms with van der Waals surface area (Å²) in [6, 6.07) is 13.4. The lowest BCUT2D eigenvalue weighted by Crippen LogP contribution is -2.06. The molecule has 0 aliphatic heterocycles. The fourth-order valence-corrected chi connectivity index (χ4v) is 2.80. The molecule has 2 aromatic carbocycles. The van der Waals surface area contributed by atoms with Crippen molar-refractivity contribution in [1.29, 1.82) is 0 Å². The van der Waals surface area contributed by atoms with Crippen LogP contribution >= 0.6 is 15.9 Å². The van der Waals surface area contributed by atoms with Crippen LogP contribution in [0.3, 0.4) is 0 Å². The lowest BCUT2D eigenvalue weighted by molar-refractivity contribution is -0.137. The number of hydrogen-bond donors (Lipinski definition) is 0. The Balaban J connectivity index is 2.25. The van der Waals surface area contributed by atoms with Crippen LogP contribution < -0.4 is 0 Å². The van der Waals surface area contributed by atoms with Crippen molar-refractivity contribution >= 4 is 15.9 Å². The van der Waals surface area contributed by atoms with Crippen LogP contribution in [0.25, 0.3) is 0 Å². The zero-order valence-electron chi connectivity index (χ0n) is 11.6. The largest absolute Gasteiger partial charge is 0.416 e. The maximum Gasteiger partial charge on any atom is 0.416 e. The van der Waals surface area contributed by atoms with Crippen molar-refractivity contribution in [3.05, 3.63) is 70.8 Å². The van der Waals surface area contributed by atoms with Crippen LogP contribution in [0.1, 0.15) is 40.4 Å². The van der Waals surface area contributed by atoms with E-state index in [4.69, 9.17) is 0 Å². The van der Waals surface area contributed by atoms with E-state index in [1.165, 1.54) is 17.7 Å². The van der Waals surface area contributed by atoms with Gasteiger partial charge in [0.25, 0.3) is 0 Å². The molecule has 0 heterocycles. The van der Waals surface area contributed by atoms with Crippen LogP contribution in [-0.2, 0) is 12.6 Å². The van der Waals surface area contributed by atoms with E-state index in [0.29, 0.717) is 5.56 Å². The number of benzene rings is 2. The molecule has 0 aliphatic carbocycles. The van der Waals surface area contributed by atoms with Crippen LogP contribution in [0.2, 0.25) is 0 Å². The molecule has 0 nitrogen and oxygen atoms in total. The van der Waals surface area contributed by atoms with E-state index in [9.17, 15) is 13.2 Å². The highest BCUT2D eigenvalue weighted by Gasteiger charge is 2.30. The summed E-state index contributed by atoms with van der Waals surface area (Å²) in [7, 11) is 0. The Labute approximate surface area is 131 Å². The Hall–Kier alpha value is -1.29. The first kappa shape index (κ1) is 16.1. The van der Waals surface area contributed by atoms with Gasteiger partial charge in [0.15, 0.2) is 0 Å². The summed E-state index contributed by atoms with van der Waals surface area (Å²) in [5.74, 6) is 0. The molecule has 0 N–H and O–H groups in total. The molecule has 0 amide bonds. The van der Waals surface area contributed by atoms with E-state index >= 15 is 0 Å². The van der Waals surface area contributed by atoms with Gasteiger partial charge in [0.2, 0.25) is 0 Å². The summed E-state index contributed by atoms with van der Waals surface area (Å²) < 4.78 is 38.3. The van der Waals surface area contributed by atoms with Crippen molar-refractivity contribution in [2.45, 2.75) is 30.8 Å². The highest BCUT2D eigenvalue weighted by molar-refractivity contribution is 9.09. The van der Waals surface area contributed by atoms with Crippen molar-refractivity contribution in [3.8, 4) is 0 Å². The Bertz CT molecular complexity index is 588. The molecule has 0 fully saturated rings. The predicted octanol–water partition coefficient (Wildman–Crippen LogP) is 6.14. The molecule has 112 valence electrons. The van der Waals surface area contributed by atoms with Gasteiger partial charge in [-0.25, -0.2) is 0 Å². The Morgan fingerprint density at radius 3 is 2.24 bits per heavy atom. The number of aryl methyl sites for hydroxylation is 1. The molecule has 1 atom stereocenters. The van der Waals surface area contributed by atoms with E-state index < -0.39 is 11.7 Å². The first-order valence-electron chi connectivity index (χ1n) is 6.82. The molecule has 2 aromatic rings. The van der Waals surface area contributed by atoms with Crippen LogP contribution in [0.5, 0.6) is 0 Å². The molecule has 0 spiro atoms. The van der Waals surface area contributed by atoms with Gasteiger partial charge in [0, 0.05) is 0 Å². The molecule has 21 heavy (non-hydrogen) atoms. The Morgan fingerprint density at radius 1 is 1.00 bits per heavy atom. The smallest absolute Gasteiger partial charge is 0.166 e. The summed E-state index contributed by atoms with van der Waals surface area (Å²) >= 11 is 3.49. The minimum absolute atomic E-state index is 0.240. The first-order chi connectivity index (χ1) is 9.91. The SMILES string of the molecule is CCCc1ccc(C(Br)c2cccc(C(F)(F)F)c2)cc1. The number of hydrogen-bond acceptors (Lipinski definition) is 0. The van der Waals surface area contributed by atoms with Gasteiger partial charge >= 0.3 is 6.18 Å². The molecular formula is C17H16BrF3. The Morgan fingerprint density at radius 2 is 1.67 bits per heavy atom. The maximum atomic E-state index is 12.8. The van der Waals surface area contributed by atoms with Gasteiger partial charge in [0.1, 0.15) is 0 Å². The summed E-state index contributed by atoms with van der Waals surface area (Å²) in [6.45, 7) is 2.11. The van der Waals surface area contributed by atoms with Crippen LogP contribution in [-0.4, -0.2) is 0 Å². The van der Waals surface area contributed by atoms with E-state index in [2.05, 4.69) is 22.9 Å². The quantitative estimate of drug-likeness (QED) is 0.577. The summed E-state index contributed by atoms with van der Waals surface area (Å²) in [5.41, 5.74) is 2.18. The second-order valence-corrected chi connectivity index (χ2v) is 5.89. The van der Waals surface area contributed by atoms with Gasteiger partial charge < -0.3 is 0 Å². The molecule has 2 rings (SSSR count). The summed E-state index contributed by atoms with van der Waals surface area (Å²) in [5, 5.41) is 0. The van der Waals surface area contributed by atoms with Gasteiger partial charge in [-0.1, -0.05) is 71.7 Å². The van der Waals surface area contributed by atoms with Crippen LogP contribution in [0.15, 0.2) is 48.5 Å². The van der Waals surface area contributed by atoms with Crippen molar-refractivity contribution in [2.24, 2.45) is 0 Å². The number of halogens is 4. The average molecular weight is 357 g/mol. The minimum atomic E-state index is -4.31. The minimum Gasteiger partial charge on any atom is -0.166 e. The van der Waals surface area contributed by atoms with Gasteiger partial charge in [0.05, 0.1) is 10.4 Å². The van der Waals surface area contributed by atoms with Gasteiger partial charge in [-0.05, 0) is 29.2 Å². The first-order valence-corrected chi connectivity index (χ1v) is 7.73. The fraction of sp³-hybridized carbons (Fsp3) is 0.294. The van der Waals surface area contributed by atoms with Crippen molar-refractivity contribution in [2.75, 3.05) is 0 Å². The van der Waals surface area contributed by atoms with E-state index in [-0.39, 0.29) is 4.83 Å². The topological polar surface area (TPSA) is 0 Å². The van der Waals surface area contributed by atoms with Crippen molar-refractivity contribution in [1.82, 2.24) is 0 Å². The van der Waals surface area contributed by atoms with Gasteiger partial charge in [-0.3, -0.25) is 0 Å². The lowest BCUT2D eigenvalue weighted by atomic mass is 10.0. The predicted molar refractivity (Wildman–Crippen MR) is 82.7 cm³/mol. The van der Waals surface area contributed by atoms with Crippen LogP contribution in [0.4, 0.5) is 13.2 Å². The molecule has 0 radical (unpaired) electrons. The monoisotopic (exact) mass is 356 g/mol. The maximum absolute atomic E-state index is 12.8. The summed E-state index contributed by atoms with van der Waals surface area (Å²) in [4.78, 5) is -0.240. The second-order valence-electron chi connectivity index (χ2n) is 4.98. The van der Waals surface area contributed by atoms with Crippen LogP contribution in [0, 0.1) is 0 Å². The molecule has 0 aromatic heterocycles. The van der Waals surface area contributed by atoms with E-state index in [1.807, 2.05) is 24.3 Å². The lowest BCUT2D eigenvalue weighted by Gasteiger charge is -2.14. The highest BCUT2D eigenvalue weighted by Crippen LogP contribution is 2.35. The van der Waals surface area contributed by atoms with E-state index in [0.717, 1.165) is 24.5 Å². The number of alkyl halides is 4. The van der Waals surface area contributed by atoms with Crippen molar-refractivity contribution < 1.29 is 13.2 Å². The second kappa shape index (κ2) is 6.65. The molecule has 0 aliphatic rings. The zero-order chi connectivity index (χ0) is 15.5. The third-order valence-electron chi connectivity index (χ3n) is 3.32. The summed E-state index contributed by atoms with van der Waals surface area (Å²) in [6.07, 6.45) is -2.23. The highest BCUT2D eigenvalue weighted by atomic mass is 79.9. The molecule has 4 heteroatoms. The molecular weight excluding hydrogens is 341 g/mol. The Kier molecular flexibility index (Phi) is 5.09. The average Bonchev–Trinajstić information content (AvgIpc) is 2.47. The fourth-order valence-electron chi connectivity index (χ4n) is 2.21. The molecule has 1 unspecified atom stereocenters. The van der Waals surface area contributed by atoms with Crippen molar-refractivity contribution in [3.63, 3.8) is 0 Å².